The molecule has 0 saturated carbocycles. The number of nitrogens with zero attached hydrogens (tertiary/aromatic N) is 2. The van der Waals surface area contributed by atoms with Crippen LogP contribution in [0.4, 0.5) is 5.69 Å². The number of likely N-dealkylation sites (N-methyl/N-ethyl adjacent to an activating group) is 1. The van der Waals surface area contributed by atoms with Gasteiger partial charge < -0.3 is 15.0 Å². The number of nitrogens with one attached hydrogen (secondary N) is 1. The van der Waals surface area contributed by atoms with Gasteiger partial charge >= 0.3 is 0 Å². The lowest BCUT2D eigenvalue weighted by Gasteiger charge is -2.32. The van der Waals surface area contributed by atoms with Crippen LogP contribution >= 0.6 is 23.2 Å². The van der Waals surface area contributed by atoms with Crippen molar-refractivity contribution in [3.63, 3.8) is 0 Å². The Balaban J connectivity index is 2.05. The average molecular weight is 579 g/mol. The van der Waals surface area contributed by atoms with Crippen LogP contribution < -0.4 is 14.4 Å². The lowest BCUT2D eigenvalue weighted by molar-refractivity contribution is -0.139. The molecule has 0 radical (unpaired) electrons. The van der Waals surface area contributed by atoms with Crippen molar-refractivity contribution in [1.82, 2.24) is 10.2 Å². The zero-order valence-electron chi connectivity index (χ0n) is 21.4. The average Bonchev–Trinajstić information content (AvgIpc) is 2.90. The highest BCUT2D eigenvalue weighted by Crippen LogP contribution is 2.28. The van der Waals surface area contributed by atoms with Crippen LogP contribution in [-0.2, 0) is 26.2 Å². The molecule has 3 aromatic carbocycles. The van der Waals surface area contributed by atoms with Gasteiger partial charge in [-0.05, 0) is 67.9 Å². The molecule has 1 unspecified atom stereocenters. The zero-order chi connectivity index (χ0) is 28.0. The largest absolute Gasteiger partial charge is 0.497 e. The van der Waals surface area contributed by atoms with Crippen molar-refractivity contribution in [3.8, 4) is 5.75 Å². The SMILES string of the molecule is CNC(=O)C(C)N(Cc1ccc(Cl)cc1Cl)C(=O)CN(c1ccc(OC)cc1)S(=O)(=O)c1ccc(C)cc1. The highest BCUT2D eigenvalue weighted by Gasteiger charge is 2.32. The van der Waals surface area contributed by atoms with Gasteiger partial charge in [0.1, 0.15) is 18.3 Å². The maximum atomic E-state index is 13.8. The van der Waals surface area contributed by atoms with E-state index in [-0.39, 0.29) is 17.1 Å². The third-order valence-corrected chi connectivity index (χ3v) is 8.39. The first-order valence-corrected chi connectivity index (χ1v) is 13.9. The van der Waals surface area contributed by atoms with Crippen molar-refractivity contribution in [2.75, 3.05) is 25.0 Å². The summed E-state index contributed by atoms with van der Waals surface area (Å²) in [7, 11) is -1.20. The number of hydrogen-bond acceptors (Lipinski definition) is 5. The fourth-order valence-electron chi connectivity index (χ4n) is 3.74. The Bertz CT molecular complexity index is 1400. The number of sulfonamides is 1. The van der Waals surface area contributed by atoms with Crippen molar-refractivity contribution in [1.29, 1.82) is 0 Å². The molecule has 3 aromatic rings. The van der Waals surface area contributed by atoms with Gasteiger partial charge in [0.25, 0.3) is 10.0 Å². The molecule has 8 nitrogen and oxygen atoms in total. The predicted octanol–water partition coefficient (Wildman–Crippen LogP) is 4.67. The topological polar surface area (TPSA) is 96.0 Å². The molecule has 2 amide bonds. The summed E-state index contributed by atoms with van der Waals surface area (Å²) >= 11 is 12.4. The normalized spacial score (nSPS) is 11.9. The molecule has 0 bridgehead atoms. The third kappa shape index (κ3) is 6.78. The van der Waals surface area contributed by atoms with E-state index in [4.69, 9.17) is 27.9 Å². The fraction of sp³-hybridized carbons (Fsp3) is 0.259. The molecule has 0 aliphatic heterocycles. The van der Waals surface area contributed by atoms with Crippen LogP contribution in [0.1, 0.15) is 18.1 Å². The number of ether oxygens (including phenoxy) is 1. The number of anilines is 1. The van der Waals surface area contributed by atoms with Crippen LogP contribution in [0.15, 0.2) is 71.6 Å². The number of halogens is 2. The van der Waals surface area contributed by atoms with Crippen LogP contribution in [-0.4, -0.2) is 51.9 Å². The summed E-state index contributed by atoms with van der Waals surface area (Å²) in [6, 6.07) is 16.6. The maximum Gasteiger partial charge on any atom is 0.264 e. The van der Waals surface area contributed by atoms with E-state index < -0.39 is 34.4 Å². The van der Waals surface area contributed by atoms with Gasteiger partial charge in [-0.3, -0.25) is 13.9 Å². The highest BCUT2D eigenvalue weighted by atomic mass is 35.5. The summed E-state index contributed by atoms with van der Waals surface area (Å²) < 4.78 is 33.8. The van der Waals surface area contributed by atoms with E-state index in [0.29, 0.717) is 21.4 Å². The van der Waals surface area contributed by atoms with Gasteiger partial charge in [0.15, 0.2) is 0 Å². The maximum absolute atomic E-state index is 13.8. The summed E-state index contributed by atoms with van der Waals surface area (Å²) in [4.78, 5) is 27.6. The summed E-state index contributed by atoms with van der Waals surface area (Å²) in [6.07, 6.45) is 0. The van der Waals surface area contributed by atoms with Gasteiger partial charge in [-0.25, -0.2) is 8.42 Å². The van der Waals surface area contributed by atoms with Crippen molar-refractivity contribution >= 4 is 50.7 Å². The number of benzene rings is 3. The molecule has 0 aliphatic carbocycles. The number of hydrogen-bond donors (Lipinski definition) is 1. The van der Waals surface area contributed by atoms with Gasteiger partial charge in [0.2, 0.25) is 11.8 Å². The molecule has 11 heteroatoms. The smallest absolute Gasteiger partial charge is 0.264 e. The number of methoxy groups -OCH3 is 1. The molecule has 0 fully saturated rings. The minimum absolute atomic E-state index is 0.0263. The Kier molecular flexibility index (Phi) is 9.65. The summed E-state index contributed by atoms with van der Waals surface area (Å²) in [5.41, 5.74) is 1.70. The first-order chi connectivity index (χ1) is 18.0. The molecule has 1 N–H and O–H groups in total. The van der Waals surface area contributed by atoms with Gasteiger partial charge in [-0.1, -0.05) is 47.0 Å². The van der Waals surface area contributed by atoms with Crippen molar-refractivity contribution in [2.24, 2.45) is 0 Å². The van der Waals surface area contributed by atoms with Crippen LogP contribution in [0.25, 0.3) is 0 Å². The van der Waals surface area contributed by atoms with Crippen LogP contribution in [0.3, 0.4) is 0 Å². The highest BCUT2D eigenvalue weighted by molar-refractivity contribution is 7.92. The van der Waals surface area contributed by atoms with Crippen molar-refractivity contribution in [3.05, 3.63) is 87.9 Å². The zero-order valence-corrected chi connectivity index (χ0v) is 23.8. The monoisotopic (exact) mass is 577 g/mol. The van der Waals surface area contributed by atoms with E-state index in [1.807, 2.05) is 6.92 Å². The number of carbonyl (C=O) groups is 2. The molecule has 0 heterocycles. The Morgan fingerprint density at radius 3 is 2.18 bits per heavy atom. The van der Waals surface area contributed by atoms with Crippen LogP contribution in [0, 0.1) is 6.92 Å². The van der Waals surface area contributed by atoms with Gasteiger partial charge in [-0.2, -0.15) is 0 Å². The molecule has 0 saturated heterocycles. The Morgan fingerprint density at radius 1 is 1.00 bits per heavy atom. The second kappa shape index (κ2) is 12.5. The Labute approximate surface area is 233 Å². The van der Waals surface area contributed by atoms with E-state index in [1.54, 1.807) is 55.5 Å². The van der Waals surface area contributed by atoms with Gasteiger partial charge in [0, 0.05) is 23.6 Å². The first kappa shape index (κ1) is 29.3. The van der Waals surface area contributed by atoms with E-state index >= 15 is 0 Å². The summed E-state index contributed by atoms with van der Waals surface area (Å²) in [6.45, 7) is 2.81. The van der Waals surface area contributed by atoms with E-state index in [1.165, 1.54) is 37.3 Å². The van der Waals surface area contributed by atoms with Gasteiger partial charge in [0.05, 0.1) is 17.7 Å². The molecule has 0 aliphatic rings. The molecule has 38 heavy (non-hydrogen) atoms. The van der Waals surface area contributed by atoms with Gasteiger partial charge in [-0.15, -0.1) is 0 Å². The summed E-state index contributed by atoms with van der Waals surface area (Å²) in [5, 5.41) is 3.28. The lowest BCUT2D eigenvalue weighted by atomic mass is 10.1. The Hall–Kier alpha value is -3.27. The molecule has 0 spiro atoms. The molecule has 202 valence electrons. The lowest BCUT2D eigenvalue weighted by Crippen LogP contribution is -2.50. The number of amides is 2. The molecule has 1 atom stereocenters. The van der Waals surface area contributed by atoms with E-state index in [0.717, 1.165) is 9.87 Å². The number of carbonyl (C=O) groups excluding carboxylic acids is 2. The molecule has 3 rings (SSSR count). The number of aryl methyl sites for hydroxylation is 1. The first-order valence-electron chi connectivity index (χ1n) is 11.7. The second-order valence-corrected chi connectivity index (χ2v) is 11.3. The minimum Gasteiger partial charge on any atom is -0.497 e. The van der Waals surface area contributed by atoms with E-state index in [9.17, 15) is 18.0 Å². The number of rotatable bonds is 10. The standard InChI is InChI=1S/C27H29Cl2N3O5S/c1-18-5-13-24(14-6-18)38(35,36)32(22-9-11-23(37-4)12-10-22)17-26(33)31(19(2)27(34)30-3)16-20-7-8-21(28)15-25(20)29/h5-15,19H,16-17H2,1-4H3,(H,30,34). The quantitative estimate of drug-likeness (QED) is 0.378. The molecular formula is C27H29Cl2N3O5S. The van der Waals surface area contributed by atoms with Crippen LogP contribution in [0.2, 0.25) is 10.0 Å². The molecular weight excluding hydrogens is 549 g/mol. The van der Waals surface area contributed by atoms with Crippen molar-refractivity contribution in [2.45, 2.75) is 31.3 Å². The minimum atomic E-state index is -4.16. The Morgan fingerprint density at radius 2 is 1.63 bits per heavy atom. The second-order valence-electron chi connectivity index (χ2n) is 8.57. The third-order valence-electron chi connectivity index (χ3n) is 6.02. The predicted molar refractivity (Wildman–Crippen MR) is 149 cm³/mol. The molecule has 0 aromatic heterocycles. The fourth-order valence-corrected chi connectivity index (χ4v) is 5.62. The van der Waals surface area contributed by atoms with Crippen molar-refractivity contribution < 1.29 is 22.7 Å². The van der Waals surface area contributed by atoms with E-state index in [2.05, 4.69) is 5.32 Å². The van der Waals surface area contributed by atoms with Crippen LogP contribution in [0.5, 0.6) is 5.75 Å². The summed E-state index contributed by atoms with van der Waals surface area (Å²) in [5.74, 6) is -0.487.